The van der Waals surface area contributed by atoms with Crippen LogP contribution in [-0.4, -0.2) is 6.61 Å². The van der Waals surface area contributed by atoms with Crippen molar-refractivity contribution in [3.8, 4) is 17.2 Å². The molecule has 0 unspecified atom stereocenters. The van der Waals surface area contributed by atoms with E-state index in [0.717, 1.165) is 3.39 Å². The van der Waals surface area contributed by atoms with Crippen molar-refractivity contribution in [2.45, 2.75) is 0 Å². The molecule has 0 aliphatic carbocycles. The van der Waals surface area contributed by atoms with Crippen LogP contribution in [-0.2, 0) is 0 Å². The second-order valence-corrected chi connectivity index (χ2v) is 8.60. The first kappa shape index (κ1) is 19.2. The number of hydrogen-bond acceptors (Lipinski definition) is 2. The van der Waals surface area contributed by atoms with Gasteiger partial charge in [-0.25, -0.2) is 0 Å². The second-order valence-electron chi connectivity index (χ2n) is 4.20. The quantitative estimate of drug-likeness (QED) is 0.396. The molecule has 0 saturated carbocycles. The molecular formula is C15H8Br2Cl4O2. The van der Waals surface area contributed by atoms with Gasteiger partial charge in [-0.3, -0.25) is 0 Å². The number of benzene rings is 2. The Balaban J connectivity index is 2.18. The van der Waals surface area contributed by atoms with E-state index in [1.165, 1.54) is 0 Å². The zero-order valence-electron chi connectivity index (χ0n) is 11.3. The van der Waals surface area contributed by atoms with E-state index in [2.05, 4.69) is 31.9 Å². The summed E-state index contributed by atoms with van der Waals surface area (Å²) in [7, 11) is 0. The summed E-state index contributed by atoms with van der Waals surface area (Å²) in [6.45, 7) is 0.304. The van der Waals surface area contributed by atoms with Gasteiger partial charge in [-0.2, -0.15) is 0 Å². The molecule has 0 bridgehead atoms. The van der Waals surface area contributed by atoms with Gasteiger partial charge < -0.3 is 9.47 Å². The minimum Gasteiger partial charge on any atom is -0.486 e. The Morgan fingerprint density at radius 3 is 2.04 bits per heavy atom. The molecule has 0 saturated heterocycles. The molecule has 2 aromatic carbocycles. The van der Waals surface area contributed by atoms with E-state index in [4.69, 9.17) is 55.9 Å². The summed E-state index contributed by atoms with van der Waals surface area (Å²) in [6.07, 6.45) is 1.77. The lowest BCUT2D eigenvalue weighted by molar-refractivity contribution is 0.362. The summed E-state index contributed by atoms with van der Waals surface area (Å²) < 4.78 is 12.0. The van der Waals surface area contributed by atoms with E-state index in [9.17, 15) is 0 Å². The summed E-state index contributed by atoms with van der Waals surface area (Å²) in [5.74, 6) is 1.36. The first-order valence-corrected chi connectivity index (χ1v) is 9.22. The van der Waals surface area contributed by atoms with Crippen LogP contribution in [0, 0.1) is 0 Å². The van der Waals surface area contributed by atoms with Crippen LogP contribution < -0.4 is 9.47 Å². The Kier molecular flexibility index (Phi) is 7.39. The lowest BCUT2D eigenvalue weighted by Gasteiger charge is -2.12. The fourth-order valence-corrected chi connectivity index (χ4v) is 2.73. The summed E-state index contributed by atoms with van der Waals surface area (Å²) >= 11 is 30.7. The van der Waals surface area contributed by atoms with Crippen molar-refractivity contribution in [1.29, 1.82) is 0 Å². The standard InChI is InChI=1S/C15H8Br2Cl4O2/c16-14(17)3-4-22-15-12(20)6-9(7-13(15)21)23-8-1-2-10(18)11(19)5-8/h1-3,5-7H,4H2. The highest BCUT2D eigenvalue weighted by Crippen LogP contribution is 2.39. The summed E-state index contributed by atoms with van der Waals surface area (Å²) in [5, 5.41) is 1.52. The minimum absolute atomic E-state index is 0.304. The van der Waals surface area contributed by atoms with Crippen LogP contribution in [0.5, 0.6) is 17.2 Å². The fraction of sp³-hybridized carbons (Fsp3) is 0.0667. The van der Waals surface area contributed by atoms with Crippen molar-refractivity contribution < 1.29 is 9.47 Å². The molecule has 2 aromatic rings. The van der Waals surface area contributed by atoms with Crippen molar-refractivity contribution >= 4 is 78.3 Å². The van der Waals surface area contributed by atoms with E-state index < -0.39 is 0 Å². The average Bonchev–Trinajstić information content (AvgIpc) is 2.45. The average molecular weight is 522 g/mol. The molecule has 0 atom stereocenters. The number of ether oxygens (including phenoxy) is 2. The lowest BCUT2D eigenvalue weighted by atomic mass is 10.3. The molecular weight excluding hydrogens is 514 g/mol. The third-order valence-electron chi connectivity index (χ3n) is 2.56. The monoisotopic (exact) mass is 518 g/mol. The van der Waals surface area contributed by atoms with E-state index >= 15 is 0 Å². The summed E-state index contributed by atoms with van der Waals surface area (Å²) in [4.78, 5) is 0. The molecule has 0 N–H and O–H groups in total. The summed E-state index contributed by atoms with van der Waals surface area (Å²) in [6, 6.07) is 8.16. The highest BCUT2D eigenvalue weighted by atomic mass is 79.9. The van der Waals surface area contributed by atoms with Crippen molar-refractivity contribution in [2.75, 3.05) is 6.61 Å². The van der Waals surface area contributed by atoms with Crippen LogP contribution >= 0.6 is 78.3 Å². The second kappa shape index (κ2) is 8.84. The van der Waals surface area contributed by atoms with Gasteiger partial charge in [0.25, 0.3) is 0 Å². The van der Waals surface area contributed by atoms with Crippen LogP contribution in [0.25, 0.3) is 0 Å². The van der Waals surface area contributed by atoms with Crippen LogP contribution in [0.3, 0.4) is 0 Å². The zero-order chi connectivity index (χ0) is 17.0. The van der Waals surface area contributed by atoms with Gasteiger partial charge in [0, 0.05) is 18.2 Å². The number of hydrogen-bond donors (Lipinski definition) is 0. The van der Waals surface area contributed by atoms with Gasteiger partial charge in [0.05, 0.1) is 23.5 Å². The number of rotatable bonds is 5. The van der Waals surface area contributed by atoms with Gasteiger partial charge in [-0.15, -0.1) is 0 Å². The van der Waals surface area contributed by atoms with Crippen molar-refractivity contribution in [3.63, 3.8) is 0 Å². The molecule has 0 spiro atoms. The maximum atomic E-state index is 6.19. The first-order chi connectivity index (χ1) is 10.9. The van der Waals surface area contributed by atoms with E-state index in [-0.39, 0.29) is 0 Å². The van der Waals surface area contributed by atoms with Crippen LogP contribution in [0.1, 0.15) is 0 Å². The van der Waals surface area contributed by atoms with Gasteiger partial charge in [-0.05, 0) is 50.1 Å². The first-order valence-electron chi connectivity index (χ1n) is 6.12. The van der Waals surface area contributed by atoms with Gasteiger partial charge >= 0.3 is 0 Å². The Bertz CT molecular complexity index is 723. The Morgan fingerprint density at radius 2 is 1.48 bits per heavy atom. The largest absolute Gasteiger partial charge is 0.486 e. The topological polar surface area (TPSA) is 18.5 Å². The fourth-order valence-electron chi connectivity index (χ4n) is 1.60. The minimum atomic E-state index is 0.304. The smallest absolute Gasteiger partial charge is 0.157 e. The third-order valence-corrected chi connectivity index (χ3v) is 4.51. The molecule has 0 aromatic heterocycles. The van der Waals surface area contributed by atoms with E-state index in [1.807, 2.05) is 0 Å². The van der Waals surface area contributed by atoms with Gasteiger partial charge in [0.1, 0.15) is 18.1 Å². The van der Waals surface area contributed by atoms with Gasteiger partial charge in [0.15, 0.2) is 5.75 Å². The Hall–Kier alpha value is -0.100. The van der Waals surface area contributed by atoms with Crippen LogP contribution in [0.2, 0.25) is 20.1 Å². The number of halogens is 6. The molecule has 0 aliphatic rings. The molecule has 0 radical (unpaired) electrons. The van der Waals surface area contributed by atoms with E-state index in [1.54, 1.807) is 36.4 Å². The molecule has 122 valence electrons. The Morgan fingerprint density at radius 1 is 0.870 bits per heavy atom. The van der Waals surface area contributed by atoms with Crippen molar-refractivity contribution in [2.24, 2.45) is 0 Å². The van der Waals surface area contributed by atoms with Gasteiger partial charge in [-0.1, -0.05) is 46.4 Å². The van der Waals surface area contributed by atoms with Crippen molar-refractivity contribution in [1.82, 2.24) is 0 Å². The molecule has 8 heteroatoms. The highest BCUT2D eigenvalue weighted by molar-refractivity contribution is 9.28. The van der Waals surface area contributed by atoms with Crippen molar-refractivity contribution in [3.05, 3.63) is 59.9 Å². The third kappa shape index (κ3) is 5.73. The van der Waals surface area contributed by atoms with Crippen LogP contribution in [0.15, 0.2) is 39.8 Å². The molecule has 2 nitrogen and oxygen atoms in total. The molecule has 0 amide bonds. The molecule has 23 heavy (non-hydrogen) atoms. The molecule has 0 fully saturated rings. The Labute approximate surface area is 170 Å². The SMILES string of the molecule is Clc1ccc(Oc2cc(Cl)c(OCC=C(Br)Br)c(Cl)c2)cc1Cl. The maximum absolute atomic E-state index is 6.19. The molecule has 2 rings (SSSR count). The summed E-state index contributed by atoms with van der Waals surface area (Å²) in [5.41, 5.74) is 0. The van der Waals surface area contributed by atoms with Gasteiger partial charge in [0.2, 0.25) is 0 Å². The lowest BCUT2D eigenvalue weighted by Crippen LogP contribution is -1.96. The normalized spacial score (nSPS) is 10.3. The van der Waals surface area contributed by atoms with E-state index in [0.29, 0.717) is 43.9 Å². The molecule has 0 heterocycles. The van der Waals surface area contributed by atoms with Crippen LogP contribution in [0.4, 0.5) is 0 Å². The highest BCUT2D eigenvalue weighted by Gasteiger charge is 2.11. The maximum Gasteiger partial charge on any atom is 0.157 e. The predicted octanol–water partition coefficient (Wildman–Crippen LogP) is 8.10. The molecule has 0 aliphatic heterocycles. The predicted molar refractivity (Wildman–Crippen MR) is 104 cm³/mol. The zero-order valence-corrected chi connectivity index (χ0v) is 17.5.